The van der Waals surface area contributed by atoms with E-state index in [-0.39, 0.29) is 5.91 Å². The average Bonchev–Trinajstić information content (AvgIpc) is 2.47. The molecule has 104 valence electrons. The third kappa shape index (κ3) is 3.26. The van der Waals surface area contributed by atoms with Crippen LogP contribution in [0.25, 0.3) is 0 Å². The summed E-state index contributed by atoms with van der Waals surface area (Å²) in [6.07, 6.45) is 3.65. The molecule has 1 unspecified atom stereocenters. The highest BCUT2D eigenvalue weighted by Gasteiger charge is 2.24. The second kappa shape index (κ2) is 6.57. The van der Waals surface area contributed by atoms with Gasteiger partial charge in [0, 0.05) is 38.3 Å². The highest BCUT2D eigenvalue weighted by atomic mass is 16.1. The number of hydrogen-bond acceptors (Lipinski definition) is 3. The summed E-state index contributed by atoms with van der Waals surface area (Å²) in [5, 5.41) is 2.66. The van der Waals surface area contributed by atoms with Crippen molar-refractivity contribution in [3.05, 3.63) is 29.8 Å². The van der Waals surface area contributed by atoms with E-state index >= 15 is 0 Å². The van der Waals surface area contributed by atoms with Gasteiger partial charge in [-0.15, -0.1) is 0 Å². The molecule has 0 fully saturated rings. The number of nitrogens with one attached hydrogen (secondary N) is 1. The summed E-state index contributed by atoms with van der Waals surface area (Å²) in [7, 11) is 1.68. The third-order valence-electron chi connectivity index (χ3n) is 3.84. The zero-order chi connectivity index (χ0) is 13.7. The van der Waals surface area contributed by atoms with E-state index in [2.05, 4.69) is 34.5 Å². The first-order chi connectivity index (χ1) is 9.26. The Morgan fingerprint density at radius 1 is 1.47 bits per heavy atom. The van der Waals surface area contributed by atoms with Crippen LogP contribution >= 0.6 is 0 Å². The molecule has 0 aromatic heterocycles. The van der Waals surface area contributed by atoms with Crippen LogP contribution in [0.5, 0.6) is 0 Å². The number of benzene rings is 1. The summed E-state index contributed by atoms with van der Waals surface area (Å²) in [5.41, 5.74) is 8.58. The van der Waals surface area contributed by atoms with Gasteiger partial charge in [-0.25, -0.2) is 0 Å². The predicted molar refractivity (Wildman–Crippen MR) is 78.3 cm³/mol. The van der Waals surface area contributed by atoms with Gasteiger partial charge in [-0.3, -0.25) is 4.79 Å². The molecule has 1 aliphatic rings. The number of anilines is 1. The fourth-order valence-electron chi connectivity index (χ4n) is 2.76. The summed E-state index contributed by atoms with van der Waals surface area (Å²) < 4.78 is 0. The lowest BCUT2D eigenvalue weighted by Crippen LogP contribution is -2.44. The van der Waals surface area contributed by atoms with Crippen LogP contribution in [0, 0.1) is 0 Å². The van der Waals surface area contributed by atoms with Gasteiger partial charge in [-0.2, -0.15) is 0 Å². The second-order valence-electron chi connectivity index (χ2n) is 5.03. The molecule has 1 aromatic carbocycles. The standard InChI is InChI=1S/C15H23N3O/c1-17-15(19)7-4-10-18-13(11-16)9-8-12-5-2-3-6-14(12)18/h2-3,5-6,13H,4,7-11,16H2,1H3,(H,17,19). The van der Waals surface area contributed by atoms with E-state index in [1.54, 1.807) is 7.05 Å². The van der Waals surface area contributed by atoms with Crippen molar-refractivity contribution < 1.29 is 4.79 Å². The van der Waals surface area contributed by atoms with Gasteiger partial charge < -0.3 is 16.0 Å². The highest BCUT2D eigenvalue weighted by Crippen LogP contribution is 2.30. The topological polar surface area (TPSA) is 58.4 Å². The number of para-hydroxylation sites is 1. The zero-order valence-electron chi connectivity index (χ0n) is 11.6. The first-order valence-corrected chi connectivity index (χ1v) is 7.01. The predicted octanol–water partition coefficient (Wildman–Crippen LogP) is 1.29. The minimum absolute atomic E-state index is 0.106. The largest absolute Gasteiger partial charge is 0.367 e. The van der Waals surface area contributed by atoms with E-state index in [0.29, 0.717) is 19.0 Å². The van der Waals surface area contributed by atoms with Crippen molar-refractivity contribution in [1.82, 2.24) is 5.32 Å². The van der Waals surface area contributed by atoms with Gasteiger partial charge in [0.1, 0.15) is 0 Å². The molecule has 1 aliphatic heterocycles. The maximum absolute atomic E-state index is 11.3. The van der Waals surface area contributed by atoms with Crippen LogP contribution < -0.4 is 16.0 Å². The van der Waals surface area contributed by atoms with Crippen molar-refractivity contribution in [2.45, 2.75) is 31.7 Å². The van der Waals surface area contributed by atoms with Gasteiger partial charge >= 0.3 is 0 Å². The molecule has 0 saturated heterocycles. The van der Waals surface area contributed by atoms with Crippen molar-refractivity contribution in [3.63, 3.8) is 0 Å². The molecule has 2 rings (SSSR count). The van der Waals surface area contributed by atoms with E-state index in [1.165, 1.54) is 11.3 Å². The van der Waals surface area contributed by atoms with Gasteiger partial charge in [0.2, 0.25) is 5.91 Å². The van der Waals surface area contributed by atoms with Gasteiger partial charge in [0.25, 0.3) is 0 Å². The molecule has 1 heterocycles. The SMILES string of the molecule is CNC(=O)CCCN1c2ccccc2CCC1CN. The lowest BCUT2D eigenvalue weighted by Gasteiger charge is -2.38. The van der Waals surface area contributed by atoms with Crippen LogP contribution in [0.3, 0.4) is 0 Å². The molecule has 19 heavy (non-hydrogen) atoms. The number of fused-ring (bicyclic) bond motifs is 1. The van der Waals surface area contributed by atoms with Crippen molar-refractivity contribution in [1.29, 1.82) is 0 Å². The zero-order valence-corrected chi connectivity index (χ0v) is 11.6. The van der Waals surface area contributed by atoms with Gasteiger partial charge in [-0.05, 0) is 30.9 Å². The molecule has 1 atom stereocenters. The number of carbonyl (C=O) groups excluding carboxylic acids is 1. The molecule has 4 heteroatoms. The second-order valence-corrected chi connectivity index (χ2v) is 5.03. The van der Waals surface area contributed by atoms with E-state index in [1.807, 2.05) is 0 Å². The first-order valence-electron chi connectivity index (χ1n) is 7.01. The number of aryl methyl sites for hydroxylation is 1. The number of rotatable bonds is 5. The van der Waals surface area contributed by atoms with Crippen LogP contribution in [0.2, 0.25) is 0 Å². The molecule has 4 nitrogen and oxygen atoms in total. The van der Waals surface area contributed by atoms with Gasteiger partial charge in [-0.1, -0.05) is 18.2 Å². The Kier molecular flexibility index (Phi) is 4.80. The van der Waals surface area contributed by atoms with Crippen LogP contribution in [-0.4, -0.2) is 32.1 Å². The van der Waals surface area contributed by atoms with Crippen molar-refractivity contribution >= 4 is 11.6 Å². The Bertz CT molecular complexity index is 433. The number of hydrogen-bond donors (Lipinski definition) is 2. The van der Waals surface area contributed by atoms with Crippen molar-refractivity contribution in [3.8, 4) is 0 Å². The minimum Gasteiger partial charge on any atom is -0.367 e. The van der Waals surface area contributed by atoms with Crippen LogP contribution in [-0.2, 0) is 11.2 Å². The summed E-state index contributed by atoms with van der Waals surface area (Å²) in [5.74, 6) is 0.106. The highest BCUT2D eigenvalue weighted by molar-refractivity contribution is 5.75. The summed E-state index contributed by atoms with van der Waals surface area (Å²) >= 11 is 0. The van der Waals surface area contributed by atoms with Gasteiger partial charge in [0.05, 0.1) is 0 Å². The maximum Gasteiger partial charge on any atom is 0.219 e. The maximum atomic E-state index is 11.3. The Morgan fingerprint density at radius 3 is 3.00 bits per heavy atom. The summed E-state index contributed by atoms with van der Waals surface area (Å²) in [6, 6.07) is 8.91. The Labute approximate surface area is 115 Å². The smallest absolute Gasteiger partial charge is 0.219 e. The van der Waals surface area contributed by atoms with Crippen molar-refractivity contribution in [2.75, 3.05) is 25.0 Å². The first kappa shape index (κ1) is 13.9. The quantitative estimate of drug-likeness (QED) is 0.840. The number of nitrogens with two attached hydrogens (primary N) is 1. The van der Waals surface area contributed by atoms with E-state index in [4.69, 9.17) is 5.73 Å². The van der Waals surface area contributed by atoms with Crippen molar-refractivity contribution in [2.24, 2.45) is 5.73 Å². The molecule has 0 radical (unpaired) electrons. The lowest BCUT2D eigenvalue weighted by atomic mass is 9.95. The summed E-state index contributed by atoms with van der Waals surface area (Å²) in [4.78, 5) is 13.7. The molecule has 0 bridgehead atoms. The van der Waals surface area contributed by atoms with E-state index < -0.39 is 0 Å². The number of nitrogens with zero attached hydrogens (tertiary/aromatic N) is 1. The molecule has 0 spiro atoms. The van der Waals surface area contributed by atoms with Crippen LogP contribution in [0.15, 0.2) is 24.3 Å². The Morgan fingerprint density at radius 2 is 2.26 bits per heavy atom. The van der Waals surface area contributed by atoms with Gasteiger partial charge in [0.15, 0.2) is 0 Å². The average molecular weight is 261 g/mol. The molecule has 1 amide bonds. The molecular weight excluding hydrogens is 238 g/mol. The normalized spacial score (nSPS) is 18.0. The lowest BCUT2D eigenvalue weighted by molar-refractivity contribution is -0.120. The fourth-order valence-corrected chi connectivity index (χ4v) is 2.76. The molecule has 3 N–H and O–H groups in total. The summed E-state index contributed by atoms with van der Waals surface area (Å²) in [6.45, 7) is 1.57. The van der Waals surface area contributed by atoms with E-state index in [0.717, 1.165) is 25.8 Å². The third-order valence-corrected chi connectivity index (χ3v) is 3.84. The minimum atomic E-state index is 0.106. The number of carbonyl (C=O) groups is 1. The van der Waals surface area contributed by atoms with E-state index in [9.17, 15) is 4.79 Å². The molecular formula is C15H23N3O. The number of amides is 1. The molecule has 0 aliphatic carbocycles. The Balaban J connectivity index is 2.05. The Hall–Kier alpha value is -1.55. The van der Waals surface area contributed by atoms with Crippen LogP contribution in [0.1, 0.15) is 24.8 Å². The molecule has 1 aromatic rings. The van der Waals surface area contributed by atoms with Crippen LogP contribution in [0.4, 0.5) is 5.69 Å². The molecule has 0 saturated carbocycles. The fraction of sp³-hybridized carbons (Fsp3) is 0.533. The monoisotopic (exact) mass is 261 g/mol.